The smallest absolute Gasteiger partial charge is 0.0626 e. The number of rotatable bonds is 1. The molecular formula is C7H9N. The normalized spacial score (nSPS) is 18.1. The second-order valence-electron chi connectivity index (χ2n) is 1.35. The molecule has 0 spiro atoms. The molecule has 0 radical (unpaired) electrons. The molecule has 1 aromatic rings. The highest BCUT2D eigenvalue weighted by Crippen LogP contribution is 1.94. The van der Waals surface area contributed by atoms with Crippen LogP contribution in [0.1, 0.15) is 11.0 Å². The first-order chi connectivity index (χ1) is 5.41. The lowest BCUT2D eigenvalue weighted by molar-refractivity contribution is 1.07. The zero-order valence-corrected chi connectivity index (χ0v) is 4.31. The summed E-state index contributed by atoms with van der Waals surface area (Å²) in [5.74, 6) is 0. The summed E-state index contributed by atoms with van der Waals surface area (Å²) in [7, 11) is 0. The fourth-order valence-corrected chi connectivity index (χ4v) is 0.436. The van der Waals surface area contributed by atoms with Crippen molar-refractivity contribution in [2.24, 2.45) is 5.73 Å². The Morgan fingerprint density at radius 3 is 3.25 bits per heavy atom. The Kier molecular flexibility index (Phi) is 0.680. The number of nitrogens with two attached hydrogens (primary N) is 1. The van der Waals surface area contributed by atoms with Crippen LogP contribution in [0.3, 0.4) is 0 Å². The van der Waals surface area contributed by atoms with Gasteiger partial charge in [-0.3, -0.25) is 0 Å². The van der Waals surface area contributed by atoms with Crippen LogP contribution in [0.2, 0.25) is 0 Å². The van der Waals surface area contributed by atoms with E-state index in [0.717, 1.165) is 0 Å². The van der Waals surface area contributed by atoms with Gasteiger partial charge in [-0.25, -0.2) is 0 Å². The molecule has 0 aliphatic carbocycles. The van der Waals surface area contributed by atoms with Gasteiger partial charge in [0.15, 0.2) is 0 Å². The summed E-state index contributed by atoms with van der Waals surface area (Å²) < 4.78 is 28.8. The summed E-state index contributed by atoms with van der Waals surface area (Å²) in [6.07, 6.45) is 0. The molecule has 1 aromatic carbocycles. The van der Waals surface area contributed by atoms with E-state index in [1.165, 1.54) is 18.2 Å². The summed E-state index contributed by atoms with van der Waals surface area (Å²) in [5, 5.41) is 0. The summed E-state index contributed by atoms with van der Waals surface area (Å²) in [4.78, 5) is 0. The molecule has 1 rings (SSSR count). The Morgan fingerprint density at radius 2 is 2.62 bits per heavy atom. The van der Waals surface area contributed by atoms with Crippen LogP contribution >= 0.6 is 0 Å². The molecule has 8 heavy (non-hydrogen) atoms. The molecule has 0 unspecified atom stereocenters. The van der Waals surface area contributed by atoms with Gasteiger partial charge in [-0.2, -0.15) is 0 Å². The van der Waals surface area contributed by atoms with E-state index in [1.54, 1.807) is 0 Å². The largest absolute Gasteiger partial charge is 0.326 e. The standard InChI is InChI=1S/C7H9N/c8-6-7-4-2-1-3-5-7/h1-5H,6,8H2/i2D,5D,6D2. The topological polar surface area (TPSA) is 26.0 Å². The summed E-state index contributed by atoms with van der Waals surface area (Å²) in [6, 6.07) is 4.25. The van der Waals surface area contributed by atoms with Crippen LogP contribution in [0.4, 0.5) is 0 Å². The predicted octanol–water partition coefficient (Wildman–Crippen LogP) is 1.15. The van der Waals surface area contributed by atoms with Crippen molar-refractivity contribution in [1.82, 2.24) is 0 Å². The van der Waals surface area contributed by atoms with Crippen molar-refractivity contribution in [1.29, 1.82) is 0 Å². The Labute approximate surface area is 54.8 Å². The van der Waals surface area contributed by atoms with E-state index in [-0.39, 0.29) is 17.6 Å². The molecule has 0 aromatic heterocycles. The third-order valence-electron chi connectivity index (χ3n) is 0.802. The quantitative estimate of drug-likeness (QED) is 0.578. The summed E-state index contributed by atoms with van der Waals surface area (Å²) >= 11 is 0. The molecule has 42 valence electrons. The van der Waals surface area contributed by atoms with Gasteiger partial charge >= 0.3 is 0 Å². The SMILES string of the molecule is [2H]c1ccc([2H])c(C([2H])([2H])N)c1. The summed E-state index contributed by atoms with van der Waals surface area (Å²) in [5.41, 5.74) is 5.21. The molecule has 0 bridgehead atoms. The zero-order chi connectivity index (χ0) is 9.35. The molecule has 0 amide bonds. The average molecular weight is 111 g/mol. The minimum Gasteiger partial charge on any atom is -0.326 e. The molecule has 0 saturated carbocycles. The molecule has 0 atom stereocenters. The van der Waals surface area contributed by atoms with Crippen LogP contribution in [0, 0.1) is 0 Å². The maximum absolute atomic E-state index is 7.32. The molecule has 0 heterocycles. The Balaban J connectivity index is 3.23. The van der Waals surface area contributed by atoms with Crippen LogP contribution in [0.25, 0.3) is 0 Å². The van der Waals surface area contributed by atoms with Crippen molar-refractivity contribution < 1.29 is 5.48 Å². The van der Waals surface area contributed by atoms with Crippen molar-refractivity contribution in [2.75, 3.05) is 0 Å². The molecule has 0 aliphatic rings. The molecule has 0 saturated heterocycles. The van der Waals surface area contributed by atoms with Crippen LogP contribution in [0.5, 0.6) is 0 Å². The van der Waals surface area contributed by atoms with E-state index >= 15 is 0 Å². The Bertz CT molecular complexity index is 292. The monoisotopic (exact) mass is 111 g/mol. The van der Waals surface area contributed by atoms with E-state index < -0.39 is 6.50 Å². The van der Waals surface area contributed by atoms with Gasteiger partial charge in [0.25, 0.3) is 0 Å². The first-order valence-electron chi connectivity index (χ1n) is 4.28. The van der Waals surface area contributed by atoms with Crippen molar-refractivity contribution >= 4 is 0 Å². The highest BCUT2D eigenvalue weighted by molar-refractivity contribution is 5.13. The van der Waals surface area contributed by atoms with Crippen LogP contribution in [-0.4, -0.2) is 0 Å². The maximum Gasteiger partial charge on any atom is 0.0626 e. The van der Waals surface area contributed by atoms with Gasteiger partial charge in [-0.1, -0.05) is 30.3 Å². The third kappa shape index (κ3) is 1.07. The van der Waals surface area contributed by atoms with Gasteiger partial charge in [0.05, 0.1) is 2.74 Å². The van der Waals surface area contributed by atoms with E-state index in [1.807, 2.05) is 0 Å². The number of hydrogen-bond acceptors (Lipinski definition) is 1. The molecular weight excluding hydrogens is 98.1 g/mol. The van der Waals surface area contributed by atoms with E-state index in [0.29, 0.717) is 0 Å². The minimum absolute atomic E-state index is 0.0264. The molecule has 1 heteroatoms. The van der Waals surface area contributed by atoms with E-state index in [4.69, 9.17) is 11.2 Å². The molecule has 1 nitrogen and oxygen atoms in total. The minimum atomic E-state index is -2.03. The highest BCUT2D eigenvalue weighted by atomic mass is 14.5. The Morgan fingerprint density at radius 1 is 1.75 bits per heavy atom. The fraction of sp³-hybridized carbons (Fsp3) is 0.143. The predicted molar refractivity (Wildman–Crippen MR) is 34.3 cm³/mol. The van der Waals surface area contributed by atoms with Gasteiger partial charge in [-0.05, 0) is 5.56 Å². The van der Waals surface area contributed by atoms with Gasteiger partial charge < -0.3 is 5.73 Å². The van der Waals surface area contributed by atoms with E-state index in [2.05, 4.69) is 0 Å². The van der Waals surface area contributed by atoms with Crippen LogP contribution < -0.4 is 5.73 Å². The zero-order valence-electron chi connectivity index (χ0n) is 8.31. The van der Waals surface area contributed by atoms with E-state index in [9.17, 15) is 0 Å². The molecule has 2 N–H and O–H groups in total. The van der Waals surface area contributed by atoms with Crippen LogP contribution in [-0.2, 0) is 6.50 Å². The lowest BCUT2D eigenvalue weighted by Gasteiger charge is -1.90. The molecule has 0 aliphatic heterocycles. The second kappa shape index (κ2) is 2.48. The third-order valence-corrected chi connectivity index (χ3v) is 0.802. The van der Waals surface area contributed by atoms with Crippen molar-refractivity contribution in [3.05, 3.63) is 35.8 Å². The lowest BCUT2D eigenvalue weighted by Crippen LogP contribution is -1.94. The average Bonchev–Trinajstić information content (AvgIpc) is 1.92. The van der Waals surface area contributed by atoms with Gasteiger partial charge in [-0.15, -0.1) is 0 Å². The van der Waals surface area contributed by atoms with Gasteiger partial charge in [0, 0.05) is 9.24 Å². The van der Waals surface area contributed by atoms with Gasteiger partial charge in [0.2, 0.25) is 0 Å². The Hall–Kier alpha value is -0.820. The van der Waals surface area contributed by atoms with Gasteiger partial charge in [0.1, 0.15) is 0 Å². The fourth-order valence-electron chi connectivity index (χ4n) is 0.436. The van der Waals surface area contributed by atoms with Crippen molar-refractivity contribution in [3.63, 3.8) is 0 Å². The van der Waals surface area contributed by atoms with Crippen LogP contribution in [0.15, 0.2) is 30.3 Å². The highest BCUT2D eigenvalue weighted by Gasteiger charge is 1.80. The number of benzene rings is 1. The maximum atomic E-state index is 7.32. The first kappa shape index (κ1) is 2.19. The number of hydrogen-bond donors (Lipinski definition) is 1. The van der Waals surface area contributed by atoms with Crippen molar-refractivity contribution in [2.45, 2.75) is 6.50 Å². The summed E-state index contributed by atoms with van der Waals surface area (Å²) in [6.45, 7) is -2.03. The lowest BCUT2D eigenvalue weighted by atomic mass is 10.2. The second-order valence-corrected chi connectivity index (χ2v) is 1.35. The van der Waals surface area contributed by atoms with Crippen molar-refractivity contribution in [3.8, 4) is 0 Å². The molecule has 0 fully saturated rings. The first-order valence-corrected chi connectivity index (χ1v) is 2.28.